The van der Waals surface area contributed by atoms with Crippen LogP contribution in [-0.2, 0) is 16.6 Å². The zero-order valence-electron chi connectivity index (χ0n) is 14.5. The largest absolute Gasteiger partial charge is 0.294 e. The highest BCUT2D eigenvalue weighted by Crippen LogP contribution is 2.33. The zero-order valence-corrected chi connectivity index (χ0v) is 16.1. The van der Waals surface area contributed by atoms with Crippen molar-refractivity contribution in [3.63, 3.8) is 0 Å². The van der Waals surface area contributed by atoms with Crippen LogP contribution in [0, 0.1) is 5.92 Å². The Morgan fingerprint density at radius 1 is 1.04 bits per heavy atom. The maximum absolute atomic E-state index is 12.0. The van der Waals surface area contributed by atoms with E-state index in [0.29, 0.717) is 25.0 Å². The van der Waals surface area contributed by atoms with Crippen LogP contribution in [0.2, 0.25) is 0 Å². The van der Waals surface area contributed by atoms with Gasteiger partial charge in [0.2, 0.25) is 10.0 Å². The molecule has 0 radical (unpaired) electrons. The van der Waals surface area contributed by atoms with Crippen molar-refractivity contribution in [3.8, 4) is 10.4 Å². The first kappa shape index (κ1) is 17.2. The lowest BCUT2D eigenvalue weighted by atomic mass is 9.95. The van der Waals surface area contributed by atoms with Gasteiger partial charge in [-0.2, -0.15) is 0 Å². The molecule has 4 heterocycles. The van der Waals surface area contributed by atoms with Gasteiger partial charge in [-0.15, -0.1) is 11.3 Å². The van der Waals surface area contributed by atoms with E-state index in [1.165, 1.54) is 21.6 Å². The minimum absolute atomic E-state index is 0.343. The van der Waals surface area contributed by atoms with E-state index < -0.39 is 10.0 Å². The van der Waals surface area contributed by atoms with E-state index in [1.807, 2.05) is 17.4 Å². The second-order valence-electron chi connectivity index (χ2n) is 7.24. The molecule has 4 nitrogen and oxygen atoms in total. The molecule has 3 aliphatic rings. The van der Waals surface area contributed by atoms with Crippen LogP contribution in [0.5, 0.6) is 0 Å². The van der Waals surface area contributed by atoms with Gasteiger partial charge in [-0.3, -0.25) is 4.90 Å². The number of benzene rings is 1. The average Bonchev–Trinajstić information content (AvgIpc) is 2.84. The molecule has 134 valence electrons. The van der Waals surface area contributed by atoms with Crippen LogP contribution in [0.3, 0.4) is 0 Å². The first-order valence-electron chi connectivity index (χ1n) is 8.82. The predicted molar refractivity (Wildman–Crippen MR) is 103 cm³/mol. The van der Waals surface area contributed by atoms with E-state index in [1.54, 1.807) is 4.31 Å². The molecule has 0 amide bonds. The molecule has 1 aromatic carbocycles. The third-order valence-electron chi connectivity index (χ3n) is 5.34. The van der Waals surface area contributed by atoms with Crippen molar-refractivity contribution < 1.29 is 8.42 Å². The summed E-state index contributed by atoms with van der Waals surface area (Å²) in [6.07, 6.45) is 3.59. The van der Waals surface area contributed by atoms with Crippen molar-refractivity contribution in [2.24, 2.45) is 5.92 Å². The highest BCUT2D eigenvalue weighted by molar-refractivity contribution is 7.88. The maximum Gasteiger partial charge on any atom is 0.211 e. The Morgan fingerprint density at radius 3 is 2.60 bits per heavy atom. The van der Waals surface area contributed by atoms with Crippen LogP contribution in [0.4, 0.5) is 0 Å². The molecular weight excluding hydrogens is 352 g/mol. The van der Waals surface area contributed by atoms with Crippen LogP contribution in [0.15, 0.2) is 42.5 Å². The number of hydrogen-bond donors (Lipinski definition) is 0. The van der Waals surface area contributed by atoms with Crippen LogP contribution in [-0.4, -0.2) is 49.6 Å². The normalized spacial score (nSPS) is 25.2. The molecule has 6 heteroatoms. The number of piperidine rings is 1. The summed E-state index contributed by atoms with van der Waals surface area (Å²) in [6, 6.07) is 15.2. The summed E-state index contributed by atoms with van der Waals surface area (Å²) in [5, 5.41) is 0. The van der Waals surface area contributed by atoms with Crippen LogP contribution in [0.25, 0.3) is 10.4 Å². The number of thiophene rings is 1. The smallest absolute Gasteiger partial charge is 0.211 e. The Morgan fingerprint density at radius 2 is 1.84 bits per heavy atom. The van der Waals surface area contributed by atoms with E-state index in [0.717, 1.165) is 25.9 Å². The van der Waals surface area contributed by atoms with Gasteiger partial charge in [0.25, 0.3) is 0 Å². The van der Waals surface area contributed by atoms with Crippen molar-refractivity contribution in [1.82, 2.24) is 9.21 Å². The second kappa shape index (κ2) is 6.83. The molecule has 3 fully saturated rings. The van der Waals surface area contributed by atoms with Crippen molar-refractivity contribution in [2.45, 2.75) is 25.4 Å². The monoisotopic (exact) mass is 376 g/mol. The van der Waals surface area contributed by atoms with Crippen molar-refractivity contribution >= 4 is 21.4 Å². The van der Waals surface area contributed by atoms with E-state index in [2.05, 4.69) is 41.3 Å². The van der Waals surface area contributed by atoms with Crippen molar-refractivity contribution in [3.05, 3.63) is 47.3 Å². The van der Waals surface area contributed by atoms with Gasteiger partial charge in [-0.1, -0.05) is 30.3 Å². The van der Waals surface area contributed by atoms with E-state index in [-0.39, 0.29) is 0 Å². The van der Waals surface area contributed by atoms with Gasteiger partial charge in [0, 0.05) is 42.0 Å². The van der Waals surface area contributed by atoms with E-state index in [4.69, 9.17) is 0 Å². The summed E-state index contributed by atoms with van der Waals surface area (Å²) in [6.45, 7) is 3.27. The quantitative estimate of drug-likeness (QED) is 0.822. The molecule has 5 rings (SSSR count). The third kappa shape index (κ3) is 3.82. The first-order valence-corrected chi connectivity index (χ1v) is 11.5. The zero-order chi connectivity index (χ0) is 17.4. The topological polar surface area (TPSA) is 40.6 Å². The first-order chi connectivity index (χ1) is 12.0. The SMILES string of the molecule is CS(=O)(=O)N1C[C@H]2CC[C@@H](C1)N(Cc1ccc(-c3ccccc3)s1)C2. The number of hydrogen-bond acceptors (Lipinski definition) is 4. The van der Waals surface area contributed by atoms with E-state index >= 15 is 0 Å². The molecule has 3 aliphatic heterocycles. The molecular formula is C19H24N2O2S2. The Kier molecular flexibility index (Phi) is 4.71. The molecule has 0 aliphatic carbocycles. The van der Waals surface area contributed by atoms with Gasteiger partial charge in [0.15, 0.2) is 0 Å². The van der Waals surface area contributed by atoms with Gasteiger partial charge in [-0.25, -0.2) is 12.7 Å². The summed E-state index contributed by atoms with van der Waals surface area (Å²) in [7, 11) is -3.09. The van der Waals surface area contributed by atoms with Gasteiger partial charge >= 0.3 is 0 Å². The fourth-order valence-corrected chi connectivity index (χ4v) is 5.98. The minimum Gasteiger partial charge on any atom is -0.294 e. The van der Waals surface area contributed by atoms with Gasteiger partial charge in [0.05, 0.1) is 6.26 Å². The standard InChI is InChI=1S/C19H24N2O2S2/c1-25(22,23)21-12-15-7-8-17(13-21)20(11-15)14-18-9-10-19(24-18)16-5-3-2-4-6-16/h2-6,9-10,15,17H,7-8,11-14H2,1H3/t15-,17-/m0/s1. The lowest BCUT2D eigenvalue weighted by molar-refractivity contribution is 0.126. The van der Waals surface area contributed by atoms with Gasteiger partial charge in [0.1, 0.15) is 0 Å². The molecule has 2 aromatic rings. The lowest BCUT2D eigenvalue weighted by Crippen LogP contribution is -2.43. The Labute approximate surface area is 154 Å². The summed E-state index contributed by atoms with van der Waals surface area (Å²) in [5.41, 5.74) is 1.26. The minimum atomic E-state index is -3.09. The summed E-state index contributed by atoms with van der Waals surface area (Å²) in [5.74, 6) is 0.460. The second-order valence-corrected chi connectivity index (χ2v) is 10.4. The summed E-state index contributed by atoms with van der Waals surface area (Å²) < 4.78 is 25.7. The molecule has 2 atom stereocenters. The van der Waals surface area contributed by atoms with Crippen LogP contribution >= 0.6 is 11.3 Å². The molecule has 3 saturated heterocycles. The molecule has 2 bridgehead atoms. The average molecular weight is 377 g/mol. The molecule has 0 spiro atoms. The predicted octanol–water partition coefficient (Wildman–Crippen LogP) is 3.27. The maximum atomic E-state index is 12.0. The molecule has 0 unspecified atom stereocenters. The third-order valence-corrected chi connectivity index (χ3v) is 7.70. The number of rotatable bonds is 4. The lowest BCUT2D eigenvalue weighted by Gasteiger charge is -2.35. The number of sulfonamides is 1. The molecule has 1 aromatic heterocycles. The number of nitrogens with zero attached hydrogens (tertiary/aromatic N) is 2. The highest BCUT2D eigenvalue weighted by Gasteiger charge is 2.37. The molecule has 0 saturated carbocycles. The molecule has 25 heavy (non-hydrogen) atoms. The van der Waals surface area contributed by atoms with Gasteiger partial charge in [-0.05, 0) is 36.5 Å². The fourth-order valence-electron chi connectivity index (χ4n) is 4.02. The van der Waals surface area contributed by atoms with E-state index in [9.17, 15) is 8.42 Å². The van der Waals surface area contributed by atoms with Crippen molar-refractivity contribution in [2.75, 3.05) is 25.9 Å². The molecule has 0 N–H and O–H groups in total. The fraction of sp³-hybridized carbons (Fsp3) is 0.474. The van der Waals surface area contributed by atoms with Crippen LogP contribution in [0.1, 0.15) is 17.7 Å². The summed E-state index contributed by atoms with van der Waals surface area (Å²) in [4.78, 5) is 5.16. The van der Waals surface area contributed by atoms with Crippen LogP contribution < -0.4 is 0 Å². The van der Waals surface area contributed by atoms with Gasteiger partial charge < -0.3 is 0 Å². The van der Waals surface area contributed by atoms with Crippen molar-refractivity contribution in [1.29, 1.82) is 0 Å². The Balaban J connectivity index is 1.49. The Hall–Kier alpha value is -1.21. The summed E-state index contributed by atoms with van der Waals surface area (Å²) >= 11 is 1.85. The number of fused-ring (bicyclic) bond motifs is 4. The highest BCUT2D eigenvalue weighted by atomic mass is 32.2. The Bertz CT molecular complexity index is 832.